The summed E-state index contributed by atoms with van der Waals surface area (Å²) in [5, 5.41) is 6.81. The molecule has 0 aliphatic carbocycles. The van der Waals surface area contributed by atoms with E-state index in [1.165, 1.54) is 0 Å². The summed E-state index contributed by atoms with van der Waals surface area (Å²) >= 11 is 4.99. The first kappa shape index (κ1) is 10.2. The smallest absolute Gasteiger partial charge is 0.225 e. The van der Waals surface area contributed by atoms with Crippen molar-refractivity contribution in [3.05, 3.63) is 4.77 Å². The van der Waals surface area contributed by atoms with E-state index < -0.39 is 0 Å². The van der Waals surface area contributed by atoms with Gasteiger partial charge in [-0.2, -0.15) is 0 Å². The number of H-pyrrole nitrogens is 1. The van der Waals surface area contributed by atoms with E-state index in [-0.39, 0.29) is 0 Å². The van der Waals surface area contributed by atoms with Gasteiger partial charge in [-0.05, 0) is 12.2 Å². The van der Waals surface area contributed by atoms with Crippen LogP contribution >= 0.6 is 12.2 Å². The van der Waals surface area contributed by atoms with Gasteiger partial charge in [-0.1, -0.05) is 0 Å². The fourth-order valence-electron chi connectivity index (χ4n) is 1.01. The lowest BCUT2D eigenvalue weighted by Gasteiger charge is -2.16. The lowest BCUT2D eigenvalue weighted by molar-refractivity contribution is 0.206. The molecule has 0 bridgehead atoms. The molecule has 0 saturated carbocycles. The summed E-state index contributed by atoms with van der Waals surface area (Å²) < 4.78 is 7.41. The molecule has 5 nitrogen and oxygen atoms in total. The molecule has 0 fully saturated rings. The van der Waals surface area contributed by atoms with Crippen LogP contribution in [0.1, 0.15) is 0 Å². The Bertz CT molecular complexity index is 319. The van der Waals surface area contributed by atoms with Crippen molar-refractivity contribution in [2.24, 2.45) is 7.05 Å². The first-order valence-corrected chi connectivity index (χ1v) is 4.39. The Hall–Kier alpha value is -0.880. The summed E-state index contributed by atoms with van der Waals surface area (Å²) in [5.41, 5.74) is 0. The molecule has 74 valence electrons. The Kier molecular flexibility index (Phi) is 3.44. The second kappa shape index (κ2) is 4.38. The molecule has 1 rings (SSSR count). The van der Waals surface area contributed by atoms with Gasteiger partial charge in [0.1, 0.15) is 0 Å². The Morgan fingerprint density at radius 1 is 1.69 bits per heavy atom. The molecule has 1 heterocycles. The number of anilines is 1. The molecule has 0 spiro atoms. The van der Waals surface area contributed by atoms with Crippen LogP contribution in [0.5, 0.6) is 0 Å². The molecule has 0 atom stereocenters. The Labute approximate surface area is 82.3 Å². The minimum Gasteiger partial charge on any atom is -0.383 e. The highest BCUT2D eigenvalue weighted by atomic mass is 32.1. The van der Waals surface area contributed by atoms with Crippen LogP contribution in [-0.2, 0) is 11.8 Å². The molecular formula is C7H14N4OS. The minimum atomic E-state index is 0.624. The summed E-state index contributed by atoms with van der Waals surface area (Å²) in [4.78, 5) is 1.98. The summed E-state index contributed by atoms with van der Waals surface area (Å²) in [5.74, 6) is 0.821. The molecule has 0 aliphatic heterocycles. The first-order chi connectivity index (χ1) is 6.16. The van der Waals surface area contributed by atoms with Crippen LogP contribution in [0.3, 0.4) is 0 Å². The highest BCUT2D eigenvalue weighted by Gasteiger charge is 2.06. The zero-order valence-corrected chi connectivity index (χ0v) is 8.89. The number of likely N-dealkylation sites (N-methyl/N-ethyl adjacent to an activating group) is 1. The van der Waals surface area contributed by atoms with Gasteiger partial charge in [-0.25, -0.2) is 5.10 Å². The standard InChI is InChI=1S/C7H14N4OS/c1-10(4-5-12-3)6-8-9-7(13)11(6)2/h4-5H2,1-3H3,(H,9,13). The van der Waals surface area contributed by atoms with Crippen LogP contribution in [0.4, 0.5) is 5.95 Å². The van der Waals surface area contributed by atoms with E-state index in [4.69, 9.17) is 17.0 Å². The number of hydrogen-bond donors (Lipinski definition) is 1. The number of nitrogens with one attached hydrogen (secondary N) is 1. The number of ether oxygens (including phenoxy) is 1. The molecular weight excluding hydrogens is 188 g/mol. The third kappa shape index (κ3) is 2.28. The third-order valence-corrected chi connectivity index (χ3v) is 2.19. The molecule has 0 saturated heterocycles. The van der Waals surface area contributed by atoms with E-state index in [1.54, 1.807) is 7.11 Å². The van der Waals surface area contributed by atoms with E-state index in [0.717, 1.165) is 12.5 Å². The zero-order valence-electron chi connectivity index (χ0n) is 8.07. The van der Waals surface area contributed by atoms with Crippen LogP contribution in [0.2, 0.25) is 0 Å². The molecule has 0 radical (unpaired) electrons. The molecule has 13 heavy (non-hydrogen) atoms. The Morgan fingerprint density at radius 2 is 2.38 bits per heavy atom. The van der Waals surface area contributed by atoms with E-state index in [0.29, 0.717) is 11.4 Å². The summed E-state index contributed by atoms with van der Waals surface area (Å²) in [6, 6.07) is 0. The lowest BCUT2D eigenvalue weighted by atomic mass is 10.6. The molecule has 1 N–H and O–H groups in total. The number of nitrogens with zero attached hydrogens (tertiary/aromatic N) is 3. The van der Waals surface area contributed by atoms with Crippen molar-refractivity contribution in [3.8, 4) is 0 Å². The van der Waals surface area contributed by atoms with Gasteiger partial charge in [0.2, 0.25) is 5.95 Å². The molecule has 0 aromatic carbocycles. The van der Waals surface area contributed by atoms with Crippen LogP contribution < -0.4 is 4.90 Å². The summed E-state index contributed by atoms with van der Waals surface area (Å²) in [6.07, 6.45) is 0. The fourth-order valence-corrected chi connectivity index (χ4v) is 1.14. The third-order valence-electron chi connectivity index (χ3n) is 1.83. The van der Waals surface area contributed by atoms with E-state index in [2.05, 4.69) is 10.2 Å². The van der Waals surface area contributed by atoms with E-state index in [9.17, 15) is 0 Å². The van der Waals surface area contributed by atoms with Crippen molar-refractivity contribution in [3.63, 3.8) is 0 Å². The van der Waals surface area contributed by atoms with Crippen molar-refractivity contribution < 1.29 is 4.74 Å². The van der Waals surface area contributed by atoms with Crippen LogP contribution in [0, 0.1) is 4.77 Å². The van der Waals surface area contributed by atoms with Gasteiger partial charge in [0, 0.05) is 27.7 Å². The predicted molar refractivity (Wildman–Crippen MR) is 53.5 cm³/mol. The van der Waals surface area contributed by atoms with Gasteiger partial charge in [0.15, 0.2) is 4.77 Å². The number of methoxy groups -OCH3 is 1. The molecule has 6 heteroatoms. The summed E-state index contributed by atoms with van der Waals surface area (Å²) in [6.45, 7) is 1.47. The SMILES string of the molecule is COCCN(C)c1n[nH]c(=S)n1C. The largest absolute Gasteiger partial charge is 0.383 e. The fraction of sp³-hybridized carbons (Fsp3) is 0.714. The van der Waals surface area contributed by atoms with Crippen LogP contribution in [0.25, 0.3) is 0 Å². The van der Waals surface area contributed by atoms with Crippen molar-refractivity contribution in [1.29, 1.82) is 0 Å². The maximum atomic E-state index is 4.99. The number of rotatable bonds is 4. The molecule has 1 aromatic heterocycles. The van der Waals surface area contributed by atoms with Crippen LogP contribution in [-0.4, -0.2) is 42.1 Å². The highest BCUT2D eigenvalue weighted by molar-refractivity contribution is 7.71. The molecule has 0 amide bonds. The normalized spacial score (nSPS) is 10.4. The van der Waals surface area contributed by atoms with Gasteiger partial charge in [0.05, 0.1) is 6.61 Å². The van der Waals surface area contributed by atoms with E-state index in [1.807, 2.05) is 23.6 Å². The topological polar surface area (TPSA) is 46.1 Å². The van der Waals surface area contributed by atoms with Gasteiger partial charge in [-0.15, -0.1) is 5.10 Å². The average Bonchev–Trinajstić information content (AvgIpc) is 2.44. The summed E-state index contributed by atoms with van der Waals surface area (Å²) in [7, 11) is 5.51. The Morgan fingerprint density at radius 3 is 2.85 bits per heavy atom. The van der Waals surface area contributed by atoms with Crippen molar-refractivity contribution in [2.45, 2.75) is 0 Å². The van der Waals surface area contributed by atoms with Crippen molar-refractivity contribution in [1.82, 2.24) is 14.8 Å². The Balaban J connectivity index is 2.71. The molecule has 1 aromatic rings. The minimum absolute atomic E-state index is 0.624. The van der Waals surface area contributed by atoms with Gasteiger partial charge >= 0.3 is 0 Å². The molecule has 0 aliphatic rings. The van der Waals surface area contributed by atoms with Gasteiger partial charge < -0.3 is 9.64 Å². The molecule has 0 unspecified atom stereocenters. The lowest BCUT2D eigenvalue weighted by Crippen LogP contribution is -2.24. The maximum absolute atomic E-state index is 4.99. The highest BCUT2D eigenvalue weighted by Crippen LogP contribution is 2.05. The van der Waals surface area contributed by atoms with Crippen molar-refractivity contribution >= 4 is 18.2 Å². The quantitative estimate of drug-likeness (QED) is 0.725. The van der Waals surface area contributed by atoms with Crippen molar-refractivity contribution in [2.75, 3.05) is 32.2 Å². The number of hydrogen-bond acceptors (Lipinski definition) is 4. The average molecular weight is 202 g/mol. The second-order valence-electron chi connectivity index (χ2n) is 2.80. The van der Waals surface area contributed by atoms with Gasteiger partial charge in [-0.3, -0.25) is 4.57 Å². The first-order valence-electron chi connectivity index (χ1n) is 3.98. The monoisotopic (exact) mass is 202 g/mol. The second-order valence-corrected chi connectivity index (χ2v) is 3.19. The van der Waals surface area contributed by atoms with E-state index >= 15 is 0 Å². The zero-order chi connectivity index (χ0) is 9.84. The van der Waals surface area contributed by atoms with Crippen LogP contribution in [0.15, 0.2) is 0 Å². The number of aromatic nitrogens is 3. The number of aromatic amines is 1. The maximum Gasteiger partial charge on any atom is 0.225 e. The van der Waals surface area contributed by atoms with Gasteiger partial charge in [0.25, 0.3) is 0 Å². The predicted octanol–water partition coefficient (Wildman–Crippen LogP) is 0.560.